The van der Waals surface area contributed by atoms with E-state index in [4.69, 9.17) is 9.57 Å². The Morgan fingerprint density at radius 3 is 2.87 bits per heavy atom. The molecule has 4 heterocycles. The summed E-state index contributed by atoms with van der Waals surface area (Å²) in [6, 6.07) is 15.8. The highest BCUT2D eigenvalue weighted by atomic mass is 16.8. The fraction of sp³-hybridized carbons (Fsp3) is 0.345. The summed E-state index contributed by atoms with van der Waals surface area (Å²) in [4.78, 5) is 46.3. The second kappa shape index (κ2) is 10.1. The van der Waals surface area contributed by atoms with Crippen molar-refractivity contribution in [1.82, 2.24) is 19.8 Å². The van der Waals surface area contributed by atoms with Gasteiger partial charge in [0, 0.05) is 55.8 Å². The highest BCUT2D eigenvalue weighted by Gasteiger charge is 2.44. The summed E-state index contributed by atoms with van der Waals surface area (Å²) < 4.78 is 7.67. The van der Waals surface area contributed by atoms with Crippen molar-refractivity contribution in [2.45, 2.75) is 44.6 Å². The molecule has 1 N–H and O–H groups in total. The van der Waals surface area contributed by atoms with E-state index in [1.807, 2.05) is 36.4 Å². The van der Waals surface area contributed by atoms with Crippen molar-refractivity contribution in [2.24, 2.45) is 0 Å². The minimum atomic E-state index is -0.395. The molecule has 0 radical (unpaired) electrons. The third-order valence-electron chi connectivity index (χ3n) is 7.55. The van der Waals surface area contributed by atoms with E-state index in [-0.39, 0.29) is 23.8 Å². The molecule has 9 nitrogen and oxygen atoms in total. The molecule has 2 aromatic carbocycles. The van der Waals surface area contributed by atoms with E-state index in [1.165, 1.54) is 11.0 Å². The lowest BCUT2D eigenvalue weighted by Crippen LogP contribution is -2.56. The number of hydroxylamine groups is 1. The number of likely N-dealkylation sites (N-methyl/N-ethyl adjacent to an activating group) is 1. The Hall–Kier alpha value is -3.95. The zero-order chi connectivity index (χ0) is 26.2. The van der Waals surface area contributed by atoms with E-state index in [9.17, 15) is 14.4 Å². The molecule has 4 amide bonds. The molecular formula is C29H30N4O5. The van der Waals surface area contributed by atoms with Crippen LogP contribution in [0.5, 0.6) is 0 Å². The average Bonchev–Trinajstić information content (AvgIpc) is 3.26. The Kier molecular flexibility index (Phi) is 6.47. The van der Waals surface area contributed by atoms with E-state index in [0.29, 0.717) is 26.2 Å². The predicted molar refractivity (Wildman–Crippen MR) is 141 cm³/mol. The van der Waals surface area contributed by atoms with Crippen LogP contribution in [0.2, 0.25) is 0 Å². The van der Waals surface area contributed by atoms with Gasteiger partial charge in [-0.15, -0.1) is 0 Å². The van der Waals surface area contributed by atoms with E-state index >= 15 is 0 Å². The number of rotatable bonds is 6. The smallest absolute Gasteiger partial charge is 0.326 e. The predicted octanol–water partition coefficient (Wildman–Crippen LogP) is 3.77. The fourth-order valence-electron chi connectivity index (χ4n) is 5.68. The molecule has 6 rings (SSSR count). The summed E-state index contributed by atoms with van der Waals surface area (Å²) in [6.07, 6.45) is 5.59. The summed E-state index contributed by atoms with van der Waals surface area (Å²) in [6.45, 7) is 2.10. The van der Waals surface area contributed by atoms with E-state index in [1.54, 1.807) is 18.0 Å². The number of benzene rings is 2. The number of carbonyl (C=O) groups is 3. The minimum absolute atomic E-state index is 0.153. The van der Waals surface area contributed by atoms with E-state index in [2.05, 4.69) is 22.2 Å². The van der Waals surface area contributed by atoms with Gasteiger partial charge >= 0.3 is 6.03 Å². The fourth-order valence-corrected chi connectivity index (χ4v) is 5.68. The van der Waals surface area contributed by atoms with Crippen LogP contribution in [0.25, 0.3) is 17.0 Å². The molecule has 0 saturated carbocycles. The lowest BCUT2D eigenvalue weighted by Gasteiger charge is -2.41. The minimum Gasteiger partial charge on any atom is -0.350 e. The first-order chi connectivity index (χ1) is 18.5. The Bertz CT molecular complexity index is 1440. The number of imide groups is 1. The normalized spacial score (nSPS) is 21.3. The topological polar surface area (TPSA) is 93.1 Å². The molecule has 2 saturated heterocycles. The van der Waals surface area contributed by atoms with E-state index in [0.717, 1.165) is 52.5 Å². The van der Waals surface area contributed by atoms with Crippen molar-refractivity contribution in [1.29, 1.82) is 0 Å². The van der Waals surface area contributed by atoms with Gasteiger partial charge < -0.3 is 14.2 Å². The Morgan fingerprint density at radius 2 is 2.03 bits per heavy atom. The van der Waals surface area contributed by atoms with Gasteiger partial charge in [0.05, 0.1) is 12.5 Å². The van der Waals surface area contributed by atoms with Crippen LogP contribution in [-0.2, 0) is 32.3 Å². The maximum Gasteiger partial charge on any atom is 0.326 e. The number of hydrogen-bond donors (Lipinski definition) is 1. The number of para-hydroxylation sites is 1. The van der Waals surface area contributed by atoms with Crippen LogP contribution in [0, 0.1) is 0 Å². The highest BCUT2D eigenvalue weighted by Crippen LogP contribution is 2.40. The van der Waals surface area contributed by atoms with Gasteiger partial charge in [-0.05, 0) is 47.7 Å². The van der Waals surface area contributed by atoms with Crippen LogP contribution in [0.3, 0.4) is 0 Å². The van der Waals surface area contributed by atoms with Crippen LogP contribution >= 0.6 is 0 Å². The molecule has 1 aromatic heterocycles. The Labute approximate surface area is 220 Å². The maximum atomic E-state index is 13.0. The number of nitrogens with one attached hydrogen (secondary N) is 1. The second-order valence-electron chi connectivity index (χ2n) is 10.0. The third kappa shape index (κ3) is 4.48. The van der Waals surface area contributed by atoms with Crippen molar-refractivity contribution in [2.75, 3.05) is 20.2 Å². The van der Waals surface area contributed by atoms with Gasteiger partial charge in [0.1, 0.15) is 0 Å². The molecule has 1 unspecified atom stereocenters. The number of aromatic nitrogens is 1. The van der Waals surface area contributed by atoms with Crippen molar-refractivity contribution < 1.29 is 24.0 Å². The number of urea groups is 1. The van der Waals surface area contributed by atoms with Gasteiger partial charge in [0.2, 0.25) is 5.91 Å². The lowest BCUT2D eigenvalue weighted by atomic mass is 9.89. The summed E-state index contributed by atoms with van der Waals surface area (Å²) in [5.74, 6) is -0.865. The standard InChI is InChI=1S/C29H30N4O5/c1-31-28(35)22-17-32(29(31)36)18-24-27(22)21-9-2-3-10-23(21)33(24)16-20-8-6-7-19(15-20)12-13-25(34)30-38-26-11-4-5-14-37-26/h2-3,6-10,12-13,15,22,26H,4-5,11,14,16-18H2,1H3,(H,30,34)/b13-12+/t22-,26?/m0/s1. The molecule has 9 heteroatoms. The molecule has 0 spiro atoms. The third-order valence-corrected chi connectivity index (χ3v) is 7.55. The number of fused-ring (bicyclic) bond motifs is 6. The average molecular weight is 515 g/mol. The summed E-state index contributed by atoms with van der Waals surface area (Å²) >= 11 is 0. The van der Waals surface area contributed by atoms with Crippen LogP contribution in [0.15, 0.2) is 54.6 Å². The molecule has 2 bridgehead atoms. The molecule has 38 heavy (non-hydrogen) atoms. The molecule has 3 aromatic rings. The monoisotopic (exact) mass is 514 g/mol. The van der Waals surface area contributed by atoms with Crippen molar-refractivity contribution in [3.8, 4) is 0 Å². The number of carbonyl (C=O) groups excluding carboxylic acids is 3. The molecule has 2 fully saturated rings. The number of ether oxygens (including phenoxy) is 1. The molecule has 3 aliphatic rings. The lowest BCUT2D eigenvalue weighted by molar-refractivity contribution is -0.198. The zero-order valence-corrected chi connectivity index (χ0v) is 21.3. The Balaban J connectivity index is 1.24. The summed E-state index contributed by atoms with van der Waals surface area (Å²) in [5.41, 5.74) is 7.43. The molecule has 0 aliphatic carbocycles. The molecule has 3 aliphatic heterocycles. The summed E-state index contributed by atoms with van der Waals surface area (Å²) in [5, 5.41) is 1.05. The first-order valence-corrected chi connectivity index (χ1v) is 13.0. The molecule has 196 valence electrons. The maximum absolute atomic E-state index is 13.0. The number of amides is 4. The van der Waals surface area contributed by atoms with Gasteiger partial charge in [-0.1, -0.05) is 36.4 Å². The number of hydrogen-bond acceptors (Lipinski definition) is 5. The number of nitrogens with zero attached hydrogens (tertiary/aromatic N) is 3. The second-order valence-corrected chi connectivity index (χ2v) is 10.0. The van der Waals surface area contributed by atoms with Crippen LogP contribution in [-0.4, -0.2) is 58.7 Å². The van der Waals surface area contributed by atoms with Gasteiger partial charge in [-0.25, -0.2) is 15.1 Å². The van der Waals surface area contributed by atoms with Gasteiger partial charge in [-0.3, -0.25) is 14.5 Å². The van der Waals surface area contributed by atoms with Crippen LogP contribution in [0.4, 0.5) is 4.79 Å². The summed E-state index contributed by atoms with van der Waals surface area (Å²) in [7, 11) is 1.56. The van der Waals surface area contributed by atoms with Gasteiger partial charge in [-0.2, -0.15) is 0 Å². The first kappa shape index (κ1) is 24.4. The highest BCUT2D eigenvalue weighted by molar-refractivity contribution is 6.04. The van der Waals surface area contributed by atoms with Crippen LogP contribution in [0.1, 0.15) is 47.6 Å². The van der Waals surface area contributed by atoms with Crippen LogP contribution < -0.4 is 5.48 Å². The first-order valence-electron chi connectivity index (χ1n) is 13.0. The quantitative estimate of drug-likeness (QED) is 0.399. The zero-order valence-electron chi connectivity index (χ0n) is 21.3. The van der Waals surface area contributed by atoms with Crippen molar-refractivity contribution >= 4 is 34.8 Å². The SMILES string of the molecule is CN1C(=O)[C@H]2CN(Cc3c2c2ccccc2n3Cc2cccc(/C=C/C(=O)NOC3CCCCO3)c2)C1=O. The van der Waals surface area contributed by atoms with Gasteiger partial charge in [0.15, 0.2) is 6.29 Å². The van der Waals surface area contributed by atoms with Gasteiger partial charge in [0.25, 0.3) is 5.91 Å². The van der Waals surface area contributed by atoms with Crippen molar-refractivity contribution in [3.63, 3.8) is 0 Å². The molecule has 2 atom stereocenters. The van der Waals surface area contributed by atoms with Crippen molar-refractivity contribution in [3.05, 3.63) is 77.0 Å². The molecular weight excluding hydrogens is 484 g/mol. The largest absolute Gasteiger partial charge is 0.350 e. The van der Waals surface area contributed by atoms with E-state index < -0.39 is 6.29 Å². The Morgan fingerprint density at radius 1 is 1.16 bits per heavy atom.